The average molecular weight is 476 g/mol. The molecule has 0 saturated heterocycles. The molecule has 0 aliphatic heterocycles. The predicted molar refractivity (Wildman–Crippen MR) is 144 cm³/mol. The number of hydrogen-bond donors (Lipinski definition) is 1. The van der Waals surface area contributed by atoms with Gasteiger partial charge in [0.2, 0.25) is 11.8 Å². The summed E-state index contributed by atoms with van der Waals surface area (Å²) in [5.74, 6) is 0.0860. The predicted octanol–water partition coefficient (Wildman–Crippen LogP) is 6.34. The molecule has 0 aliphatic carbocycles. The number of fused-ring (bicyclic) bond motifs is 1. The topological polar surface area (TPSA) is 56.4 Å². The van der Waals surface area contributed by atoms with Crippen LogP contribution in [0.4, 0.5) is 0 Å². The van der Waals surface area contributed by atoms with Crippen molar-refractivity contribution in [3.05, 3.63) is 71.9 Å². The molecule has 1 N–H and O–H groups in total. The molecule has 0 fully saturated rings. The van der Waals surface area contributed by atoms with Gasteiger partial charge in [-0.05, 0) is 43.9 Å². The van der Waals surface area contributed by atoms with Gasteiger partial charge in [0.15, 0.2) is 0 Å². The molecule has 0 bridgehead atoms. The van der Waals surface area contributed by atoms with Crippen molar-refractivity contribution in [3.8, 4) is 0 Å². The van der Waals surface area contributed by atoms with E-state index in [2.05, 4.69) is 24.0 Å². The Morgan fingerprint density at radius 2 is 1.60 bits per heavy atom. The second kappa shape index (κ2) is 13.7. The summed E-state index contributed by atoms with van der Waals surface area (Å²) in [5.41, 5.74) is 3.41. The molecule has 3 aromatic rings. The van der Waals surface area contributed by atoms with E-state index in [9.17, 15) is 9.59 Å². The summed E-state index contributed by atoms with van der Waals surface area (Å²) in [7, 11) is 0. The van der Waals surface area contributed by atoms with E-state index in [1.165, 1.54) is 30.2 Å². The number of aromatic amines is 1. The molecule has 1 heterocycles. The van der Waals surface area contributed by atoms with E-state index >= 15 is 0 Å². The molecule has 2 aromatic carbocycles. The zero-order chi connectivity index (χ0) is 25.0. The number of para-hydroxylation sites is 1. The van der Waals surface area contributed by atoms with Crippen LogP contribution in [0.1, 0.15) is 70.4 Å². The third-order valence-electron chi connectivity index (χ3n) is 6.64. The molecule has 35 heavy (non-hydrogen) atoms. The van der Waals surface area contributed by atoms with Crippen molar-refractivity contribution >= 4 is 22.7 Å². The first-order chi connectivity index (χ1) is 17.0. The lowest BCUT2D eigenvalue weighted by Crippen LogP contribution is -2.46. The van der Waals surface area contributed by atoms with Crippen LogP contribution in [0.3, 0.4) is 0 Å². The number of carbonyl (C=O) groups is 2. The van der Waals surface area contributed by atoms with Gasteiger partial charge in [-0.1, -0.05) is 81.1 Å². The first-order valence-electron chi connectivity index (χ1n) is 13.2. The molecule has 1 aromatic heterocycles. The summed E-state index contributed by atoms with van der Waals surface area (Å²) in [5, 5.41) is 1.20. The molecule has 188 valence electrons. The van der Waals surface area contributed by atoms with Gasteiger partial charge < -0.3 is 14.8 Å². The highest BCUT2D eigenvalue weighted by Crippen LogP contribution is 2.19. The number of hydrogen-bond acceptors (Lipinski definition) is 2. The number of rotatable bonds is 14. The molecule has 0 spiro atoms. The van der Waals surface area contributed by atoms with Crippen LogP contribution in [0.15, 0.2) is 60.8 Å². The number of nitrogens with zero attached hydrogens (tertiary/aromatic N) is 2. The fraction of sp³-hybridized carbons (Fsp3) is 0.467. The molecule has 5 heteroatoms. The van der Waals surface area contributed by atoms with Gasteiger partial charge >= 0.3 is 0 Å². The fourth-order valence-corrected chi connectivity index (χ4v) is 4.52. The zero-order valence-electron chi connectivity index (χ0n) is 21.6. The van der Waals surface area contributed by atoms with Crippen molar-refractivity contribution in [3.63, 3.8) is 0 Å². The van der Waals surface area contributed by atoms with Crippen molar-refractivity contribution < 1.29 is 9.59 Å². The lowest BCUT2D eigenvalue weighted by Gasteiger charge is -2.30. The van der Waals surface area contributed by atoms with Gasteiger partial charge in [0.1, 0.15) is 0 Å². The highest BCUT2D eigenvalue weighted by Gasteiger charge is 2.23. The van der Waals surface area contributed by atoms with E-state index in [1.54, 1.807) is 4.90 Å². The highest BCUT2D eigenvalue weighted by molar-refractivity contribution is 5.85. The van der Waals surface area contributed by atoms with E-state index < -0.39 is 0 Å². The lowest BCUT2D eigenvalue weighted by molar-refractivity contribution is -0.142. The molecule has 0 aliphatic rings. The Hall–Kier alpha value is -3.08. The second-order valence-corrected chi connectivity index (χ2v) is 9.69. The smallest absolute Gasteiger partial charge is 0.242 e. The summed E-state index contributed by atoms with van der Waals surface area (Å²) in [6, 6.07) is 18.3. The molecular weight excluding hydrogens is 434 g/mol. The summed E-state index contributed by atoms with van der Waals surface area (Å²) in [4.78, 5) is 33.5. The summed E-state index contributed by atoms with van der Waals surface area (Å²) < 4.78 is 0. The minimum absolute atomic E-state index is 0.00160. The minimum Gasteiger partial charge on any atom is -0.361 e. The Bertz CT molecular complexity index is 1060. The number of unbranched alkanes of at least 4 members (excludes halogenated alkanes) is 4. The maximum atomic E-state index is 13.5. The molecule has 2 amide bonds. The van der Waals surface area contributed by atoms with Crippen LogP contribution in [-0.4, -0.2) is 45.7 Å². The molecule has 0 saturated carbocycles. The van der Waals surface area contributed by atoms with Crippen LogP contribution in [0.2, 0.25) is 0 Å². The van der Waals surface area contributed by atoms with Crippen molar-refractivity contribution in [1.82, 2.24) is 14.8 Å². The first kappa shape index (κ1) is 26.5. The lowest BCUT2D eigenvalue weighted by atomic mass is 10.1. The number of aromatic nitrogens is 1. The molecule has 0 radical (unpaired) electrons. The molecular formula is C30H41N3O2. The van der Waals surface area contributed by atoms with Crippen LogP contribution < -0.4 is 0 Å². The van der Waals surface area contributed by atoms with E-state index in [1.807, 2.05) is 67.4 Å². The standard InChI is InChI=1S/C30H41N3O2/c1-4-5-6-7-11-18-29(34)33(24(2)3)23-30(35)32(22-25-14-9-8-10-15-25)20-19-26-21-31-28-17-13-12-16-27(26)28/h8-10,12-17,21,24,31H,4-7,11,18-20,22-23H2,1-3H3. The number of amides is 2. The van der Waals surface area contributed by atoms with E-state index in [0.29, 0.717) is 19.5 Å². The number of carbonyl (C=O) groups excluding carboxylic acids is 2. The van der Waals surface area contributed by atoms with Gasteiger partial charge in [-0.2, -0.15) is 0 Å². The Morgan fingerprint density at radius 3 is 2.34 bits per heavy atom. The van der Waals surface area contributed by atoms with Crippen LogP contribution in [0.25, 0.3) is 10.9 Å². The Morgan fingerprint density at radius 1 is 0.886 bits per heavy atom. The average Bonchev–Trinajstić information content (AvgIpc) is 3.28. The third kappa shape index (κ3) is 7.98. The molecule has 0 unspecified atom stereocenters. The van der Waals surface area contributed by atoms with Gasteiger partial charge in [-0.25, -0.2) is 0 Å². The maximum absolute atomic E-state index is 13.5. The third-order valence-corrected chi connectivity index (χ3v) is 6.64. The summed E-state index contributed by atoms with van der Waals surface area (Å²) >= 11 is 0. The maximum Gasteiger partial charge on any atom is 0.242 e. The van der Waals surface area contributed by atoms with Crippen molar-refractivity contribution in [2.24, 2.45) is 0 Å². The van der Waals surface area contributed by atoms with Crippen LogP contribution in [-0.2, 0) is 22.6 Å². The normalized spacial score (nSPS) is 11.2. The summed E-state index contributed by atoms with van der Waals surface area (Å²) in [6.45, 7) is 7.46. The van der Waals surface area contributed by atoms with Gasteiger partial charge in [-0.15, -0.1) is 0 Å². The van der Waals surface area contributed by atoms with Gasteiger partial charge in [-0.3, -0.25) is 9.59 Å². The molecule has 5 nitrogen and oxygen atoms in total. The Kier molecular flexibility index (Phi) is 10.4. The van der Waals surface area contributed by atoms with Crippen molar-refractivity contribution in [1.29, 1.82) is 0 Å². The fourth-order valence-electron chi connectivity index (χ4n) is 4.52. The molecule has 3 rings (SSSR count). The Balaban J connectivity index is 1.67. The Labute approximate surface area is 210 Å². The second-order valence-electron chi connectivity index (χ2n) is 9.69. The van der Waals surface area contributed by atoms with Crippen molar-refractivity contribution in [2.45, 2.75) is 78.3 Å². The van der Waals surface area contributed by atoms with Gasteiger partial charge in [0.05, 0.1) is 6.54 Å². The monoisotopic (exact) mass is 475 g/mol. The highest BCUT2D eigenvalue weighted by atomic mass is 16.2. The molecule has 0 atom stereocenters. The zero-order valence-corrected chi connectivity index (χ0v) is 21.6. The number of H-pyrrole nitrogens is 1. The largest absolute Gasteiger partial charge is 0.361 e. The van der Waals surface area contributed by atoms with E-state index in [4.69, 9.17) is 0 Å². The minimum atomic E-state index is -0.00529. The van der Waals surface area contributed by atoms with Crippen LogP contribution in [0, 0.1) is 0 Å². The SMILES string of the molecule is CCCCCCCC(=O)N(CC(=O)N(CCc1c[nH]c2ccccc12)Cc1ccccc1)C(C)C. The number of benzene rings is 2. The first-order valence-corrected chi connectivity index (χ1v) is 13.2. The number of nitrogens with one attached hydrogen (secondary N) is 1. The van der Waals surface area contributed by atoms with Crippen LogP contribution >= 0.6 is 0 Å². The van der Waals surface area contributed by atoms with Crippen molar-refractivity contribution in [2.75, 3.05) is 13.1 Å². The van der Waals surface area contributed by atoms with Gasteiger partial charge in [0, 0.05) is 42.7 Å². The quantitative estimate of drug-likeness (QED) is 0.277. The van der Waals surface area contributed by atoms with Gasteiger partial charge in [0.25, 0.3) is 0 Å². The summed E-state index contributed by atoms with van der Waals surface area (Å²) in [6.07, 6.45) is 8.86. The van der Waals surface area contributed by atoms with E-state index in [-0.39, 0.29) is 24.4 Å². The van der Waals surface area contributed by atoms with Crippen LogP contribution in [0.5, 0.6) is 0 Å². The van der Waals surface area contributed by atoms with E-state index in [0.717, 1.165) is 30.3 Å².